The molecule has 0 bridgehead atoms. The van der Waals surface area contributed by atoms with Crippen LogP contribution in [0.1, 0.15) is 22.3 Å². The van der Waals surface area contributed by atoms with Gasteiger partial charge in [-0.1, -0.05) is 22.6 Å². The van der Waals surface area contributed by atoms with E-state index in [-0.39, 0.29) is 18.1 Å². The van der Waals surface area contributed by atoms with Crippen molar-refractivity contribution in [2.45, 2.75) is 13.0 Å². The van der Waals surface area contributed by atoms with Crippen LogP contribution < -0.4 is 24.5 Å². The van der Waals surface area contributed by atoms with Crippen LogP contribution >= 0.6 is 22.6 Å². The number of hydrogen-bond acceptors (Lipinski definition) is 6. The fourth-order valence-corrected chi connectivity index (χ4v) is 4.51. The molecule has 5 rings (SSSR count). The Morgan fingerprint density at radius 3 is 2.23 bits per heavy atom. The zero-order valence-electron chi connectivity index (χ0n) is 16.4. The Morgan fingerprint density at radius 2 is 1.60 bits per heavy atom. The number of halogens is 1. The van der Waals surface area contributed by atoms with Crippen LogP contribution in [-0.4, -0.2) is 35.8 Å². The lowest BCUT2D eigenvalue weighted by Gasteiger charge is -2.16. The van der Waals surface area contributed by atoms with Crippen LogP contribution in [0.5, 0.6) is 23.0 Å². The molecular formula is C22H18INO6. The first-order chi connectivity index (χ1) is 14.6. The lowest BCUT2D eigenvalue weighted by Crippen LogP contribution is -2.23. The zero-order valence-corrected chi connectivity index (χ0v) is 18.6. The molecular weight excluding hydrogens is 501 g/mol. The second kappa shape index (κ2) is 7.19. The van der Waals surface area contributed by atoms with Gasteiger partial charge in [0.05, 0.1) is 30.9 Å². The highest BCUT2D eigenvalue weighted by Gasteiger charge is 2.35. The first-order valence-corrected chi connectivity index (χ1v) is 11.0. The zero-order chi connectivity index (χ0) is 21.0. The number of hydrogen-bond donors (Lipinski definition) is 0. The second-order valence-corrected chi connectivity index (χ2v) is 8.13. The third-order valence-corrected chi connectivity index (χ3v) is 6.29. The smallest absolute Gasteiger partial charge is 0.259 e. The Labute approximate surface area is 185 Å². The fraction of sp³-hybridized carbons (Fsp3) is 0.273. The number of ketones is 1. The minimum Gasteiger partial charge on any atom is -0.493 e. The Balaban J connectivity index is 1.89. The van der Waals surface area contributed by atoms with Crippen LogP contribution in [0.3, 0.4) is 0 Å². The third-order valence-electron chi connectivity index (χ3n) is 5.53. The number of carbonyl (C=O) groups excluding carboxylic acids is 1. The monoisotopic (exact) mass is 519 g/mol. The molecule has 2 aliphatic rings. The van der Waals surface area contributed by atoms with Gasteiger partial charge in [0.25, 0.3) is 5.56 Å². The molecule has 1 aliphatic carbocycles. The third kappa shape index (κ3) is 2.62. The molecule has 2 aromatic carbocycles. The first-order valence-electron chi connectivity index (χ1n) is 9.46. The molecule has 154 valence electrons. The predicted molar refractivity (Wildman–Crippen MR) is 120 cm³/mol. The van der Waals surface area contributed by atoms with E-state index in [9.17, 15) is 9.59 Å². The predicted octanol–water partition coefficient (Wildman–Crippen LogP) is 3.78. The molecule has 0 radical (unpaired) electrons. The number of aromatic nitrogens is 1. The van der Waals surface area contributed by atoms with E-state index in [4.69, 9.17) is 18.9 Å². The summed E-state index contributed by atoms with van der Waals surface area (Å²) in [6.07, 6.45) is 0.805. The van der Waals surface area contributed by atoms with Gasteiger partial charge in [-0.25, -0.2) is 0 Å². The quantitative estimate of drug-likeness (QED) is 0.295. The van der Waals surface area contributed by atoms with Gasteiger partial charge in [-0.3, -0.25) is 9.59 Å². The van der Waals surface area contributed by atoms with E-state index in [1.165, 1.54) is 14.2 Å². The van der Waals surface area contributed by atoms with E-state index in [0.29, 0.717) is 62.7 Å². The number of benzene rings is 2. The maximum Gasteiger partial charge on any atom is 0.259 e. The van der Waals surface area contributed by atoms with Gasteiger partial charge >= 0.3 is 0 Å². The van der Waals surface area contributed by atoms with Gasteiger partial charge < -0.3 is 23.5 Å². The van der Waals surface area contributed by atoms with E-state index in [2.05, 4.69) is 22.6 Å². The molecule has 0 N–H and O–H groups in total. The van der Waals surface area contributed by atoms with Crippen LogP contribution in [-0.2, 0) is 6.54 Å². The Kier molecular flexibility index (Phi) is 4.61. The molecule has 1 aliphatic heterocycles. The summed E-state index contributed by atoms with van der Waals surface area (Å²) >= 11 is 2.29. The van der Waals surface area contributed by atoms with Crippen molar-refractivity contribution in [2.24, 2.45) is 0 Å². The number of pyridine rings is 1. The van der Waals surface area contributed by atoms with Crippen molar-refractivity contribution < 1.29 is 23.7 Å². The van der Waals surface area contributed by atoms with Gasteiger partial charge in [-0.2, -0.15) is 0 Å². The largest absolute Gasteiger partial charge is 0.493 e. The number of rotatable bonds is 5. The van der Waals surface area contributed by atoms with Crippen molar-refractivity contribution in [2.75, 3.05) is 25.4 Å². The molecule has 0 spiro atoms. The molecule has 1 aromatic heterocycles. The summed E-state index contributed by atoms with van der Waals surface area (Å²) in [5, 5.41) is 0.989. The Morgan fingerprint density at radius 1 is 0.967 bits per heavy atom. The number of fused-ring (bicyclic) bond motifs is 6. The minimum absolute atomic E-state index is 0.121. The van der Waals surface area contributed by atoms with Crippen molar-refractivity contribution in [3.05, 3.63) is 45.7 Å². The van der Waals surface area contributed by atoms with Gasteiger partial charge in [-0.15, -0.1) is 0 Å². The lowest BCUT2D eigenvalue weighted by atomic mass is 10.0. The van der Waals surface area contributed by atoms with E-state index in [1.807, 2.05) is 0 Å². The maximum atomic E-state index is 13.5. The fourth-order valence-electron chi connectivity index (χ4n) is 4.17. The Hall–Kier alpha value is -2.75. The second-order valence-electron chi connectivity index (χ2n) is 7.06. The van der Waals surface area contributed by atoms with Gasteiger partial charge in [0, 0.05) is 27.5 Å². The van der Waals surface area contributed by atoms with Crippen LogP contribution in [0.4, 0.5) is 0 Å². The highest BCUT2D eigenvalue weighted by Crippen LogP contribution is 2.46. The lowest BCUT2D eigenvalue weighted by molar-refractivity contribution is 0.104. The first kappa shape index (κ1) is 19.2. The normalized spacial score (nSPS) is 13.5. The van der Waals surface area contributed by atoms with Gasteiger partial charge in [0.1, 0.15) is 0 Å². The molecule has 7 nitrogen and oxygen atoms in total. The van der Waals surface area contributed by atoms with Crippen molar-refractivity contribution in [3.8, 4) is 34.3 Å². The summed E-state index contributed by atoms with van der Waals surface area (Å²) in [4.78, 5) is 27.0. The molecule has 0 amide bonds. The summed E-state index contributed by atoms with van der Waals surface area (Å²) in [7, 11) is 3.05. The topological polar surface area (TPSA) is 76.0 Å². The van der Waals surface area contributed by atoms with E-state index < -0.39 is 0 Å². The standard InChI is InChI=1S/C22H18INO6/c1-27-15-6-11-14(9-16(15)28-2)22(26)24(5-3-4-23)20-12-7-17-18(30-10-29-17)8-13(12)21(25)19(11)20/h6-9H,3-5,10H2,1-2H3. The highest BCUT2D eigenvalue weighted by molar-refractivity contribution is 14.1. The number of methoxy groups -OCH3 is 2. The van der Waals surface area contributed by atoms with E-state index in [0.717, 1.165) is 10.8 Å². The molecule has 0 atom stereocenters. The molecule has 0 saturated heterocycles. The summed E-state index contributed by atoms with van der Waals surface area (Å²) < 4.78 is 24.4. The molecule has 2 heterocycles. The summed E-state index contributed by atoms with van der Waals surface area (Å²) in [5.74, 6) is 1.90. The number of nitrogens with zero attached hydrogens (tertiary/aromatic N) is 1. The molecule has 30 heavy (non-hydrogen) atoms. The van der Waals surface area contributed by atoms with Crippen molar-refractivity contribution >= 4 is 39.1 Å². The van der Waals surface area contributed by atoms with Crippen molar-refractivity contribution in [1.29, 1.82) is 0 Å². The molecule has 0 saturated carbocycles. The molecule has 0 unspecified atom stereocenters. The minimum atomic E-state index is -0.159. The SMILES string of the molecule is COc1cc2c3c(n(CCCI)c(=O)c2cc1OC)-c1cc2c(cc1C3=O)OCO2. The van der Waals surface area contributed by atoms with Gasteiger partial charge in [-0.05, 0) is 30.7 Å². The van der Waals surface area contributed by atoms with Crippen molar-refractivity contribution in [1.82, 2.24) is 4.57 Å². The highest BCUT2D eigenvalue weighted by atomic mass is 127. The van der Waals surface area contributed by atoms with Gasteiger partial charge in [0.15, 0.2) is 28.8 Å². The molecule has 8 heteroatoms. The van der Waals surface area contributed by atoms with Crippen LogP contribution in [0.25, 0.3) is 22.0 Å². The van der Waals surface area contributed by atoms with Crippen LogP contribution in [0.2, 0.25) is 0 Å². The Bertz CT molecular complexity index is 1280. The molecule has 3 aromatic rings. The van der Waals surface area contributed by atoms with E-state index >= 15 is 0 Å². The van der Waals surface area contributed by atoms with Gasteiger partial charge in [0.2, 0.25) is 6.79 Å². The van der Waals surface area contributed by atoms with Crippen LogP contribution in [0.15, 0.2) is 29.1 Å². The summed E-state index contributed by atoms with van der Waals surface area (Å²) in [6.45, 7) is 0.630. The van der Waals surface area contributed by atoms with E-state index in [1.54, 1.807) is 28.8 Å². The molecule has 0 fully saturated rings. The van der Waals surface area contributed by atoms with Crippen LogP contribution in [0, 0.1) is 0 Å². The maximum absolute atomic E-state index is 13.5. The summed E-state index contributed by atoms with van der Waals surface area (Å²) in [5.41, 5.74) is 2.18. The summed E-state index contributed by atoms with van der Waals surface area (Å²) in [6, 6.07) is 6.87. The average molecular weight is 519 g/mol. The van der Waals surface area contributed by atoms with Crippen molar-refractivity contribution in [3.63, 3.8) is 0 Å². The number of carbonyl (C=O) groups is 1. The number of ether oxygens (including phenoxy) is 4. The number of alkyl halides is 1. The average Bonchev–Trinajstić information content (AvgIpc) is 3.33.